The predicted molar refractivity (Wildman–Crippen MR) is 72.9 cm³/mol. The fraction of sp³-hybridized carbons (Fsp3) is 0.467. The molecule has 1 saturated heterocycles. The van der Waals surface area contributed by atoms with Crippen LogP contribution in [0.25, 0.3) is 0 Å². The highest BCUT2D eigenvalue weighted by Crippen LogP contribution is 2.39. The quantitative estimate of drug-likeness (QED) is 0.847. The van der Waals surface area contributed by atoms with E-state index >= 15 is 0 Å². The van der Waals surface area contributed by atoms with Gasteiger partial charge in [0.05, 0.1) is 20.1 Å². The zero-order chi connectivity index (χ0) is 14.8. The monoisotopic (exact) mass is 277 g/mol. The van der Waals surface area contributed by atoms with E-state index < -0.39 is 11.5 Å². The normalized spacial score (nSPS) is 28.9. The van der Waals surface area contributed by atoms with Gasteiger partial charge in [0, 0.05) is 6.04 Å². The summed E-state index contributed by atoms with van der Waals surface area (Å²) in [4.78, 5) is 23.9. The summed E-state index contributed by atoms with van der Waals surface area (Å²) in [7, 11) is 2.70. The molecule has 0 unspecified atom stereocenters. The molecule has 1 fully saturated rings. The topological polar surface area (TPSA) is 64.6 Å². The van der Waals surface area contributed by atoms with Crippen LogP contribution in [0.2, 0.25) is 0 Å². The molecule has 2 rings (SSSR count). The molecule has 0 aliphatic carbocycles. The summed E-state index contributed by atoms with van der Waals surface area (Å²) in [6, 6.07) is 9.31. The summed E-state index contributed by atoms with van der Waals surface area (Å²) in [5, 5.41) is 3.22. The average Bonchev–Trinajstić information content (AvgIpc) is 2.86. The van der Waals surface area contributed by atoms with Gasteiger partial charge in [0.1, 0.15) is 5.54 Å². The maximum atomic E-state index is 12.0. The van der Waals surface area contributed by atoms with Gasteiger partial charge in [-0.25, -0.2) is 0 Å². The molecule has 1 N–H and O–H groups in total. The molecule has 1 aromatic carbocycles. The van der Waals surface area contributed by atoms with E-state index in [-0.39, 0.29) is 18.0 Å². The molecule has 0 bridgehead atoms. The van der Waals surface area contributed by atoms with E-state index in [1.807, 2.05) is 30.3 Å². The molecule has 0 spiro atoms. The van der Waals surface area contributed by atoms with Crippen LogP contribution in [0.5, 0.6) is 0 Å². The first-order valence-electron chi connectivity index (χ1n) is 6.50. The molecule has 20 heavy (non-hydrogen) atoms. The number of rotatable bonds is 3. The Bertz CT molecular complexity index is 502. The number of ether oxygens (including phenoxy) is 2. The van der Waals surface area contributed by atoms with Crippen LogP contribution in [0.3, 0.4) is 0 Å². The first kappa shape index (κ1) is 14.5. The van der Waals surface area contributed by atoms with Crippen molar-refractivity contribution in [3.8, 4) is 0 Å². The van der Waals surface area contributed by atoms with E-state index in [2.05, 4.69) is 5.32 Å². The van der Waals surface area contributed by atoms with Crippen molar-refractivity contribution in [3.63, 3.8) is 0 Å². The Balaban J connectivity index is 2.33. The highest BCUT2D eigenvalue weighted by Gasteiger charge is 2.50. The van der Waals surface area contributed by atoms with Gasteiger partial charge in [-0.1, -0.05) is 30.3 Å². The Morgan fingerprint density at radius 2 is 1.85 bits per heavy atom. The number of methoxy groups -OCH3 is 2. The maximum absolute atomic E-state index is 12.0. The van der Waals surface area contributed by atoms with E-state index in [1.54, 1.807) is 6.92 Å². The molecular formula is C15H19NO4. The molecule has 5 heteroatoms. The second-order valence-corrected chi connectivity index (χ2v) is 5.19. The molecule has 1 aromatic rings. The Kier molecular flexibility index (Phi) is 4.09. The van der Waals surface area contributed by atoms with Crippen LogP contribution in [0.4, 0.5) is 0 Å². The molecule has 0 aromatic heterocycles. The predicted octanol–water partition coefficient (Wildman–Crippen LogP) is 1.44. The van der Waals surface area contributed by atoms with Gasteiger partial charge in [0.15, 0.2) is 0 Å². The number of esters is 2. The molecule has 1 aliphatic rings. The summed E-state index contributed by atoms with van der Waals surface area (Å²) in [5.74, 6) is -1.10. The highest BCUT2D eigenvalue weighted by molar-refractivity contribution is 5.84. The minimum atomic E-state index is -0.881. The van der Waals surface area contributed by atoms with Crippen LogP contribution < -0.4 is 5.32 Å². The van der Waals surface area contributed by atoms with Gasteiger partial charge in [-0.3, -0.25) is 14.9 Å². The van der Waals surface area contributed by atoms with Crippen molar-refractivity contribution < 1.29 is 19.1 Å². The number of carbonyl (C=O) groups excluding carboxylic acids is 2. The van der Waals surface area contributed by atoms with E-state index in [0.29, 0.717) is 6.42 Å². The third kappa shape index (κ3) is 2.54. The maximum Gasteiger partial charge on any atom is 0.325 e. The molecular weight excluding hydrogens is 258 g/mol. The highest BCUT2D eigenvalue weighted by atomic mass is 16.5. The molecule has 0 saturated carbocycles. The smallest absolute Gasteiger partial charge is 0.325 e. The molecule has 3 atom stereocenters. The number of nitrogens with one attached hydrogen (secondary N) is 1. The van der Waals surface area contributed by atoms with Gasteiger partial charge in [-0.05, 0) is 18.9 Å². The first-order chi connectivity index (χ1) is 9.51. The number of benzene rings is 1. The molecule has 0 amide bonds. The van der Waals surface area contributed by atoms with Crippen molar-refractivity contribution in [2.75, 3.05) is 14.2 Å². The van der Waals surface area contributed by atoms with E-state index in [9.17, 15) is 9.59 Å². The van der Waals surface area contributed by atoms with E-state index in [1.165, 1.54) is 14.2 Å². The van der Waals surface area contributed by atoms with Crippen LogP contribution in [-0.2, 0) is 19.1 Å². The Morgan fingerprint density at radius 1 is 1.20 bits per heavy atom. The van der Waals surface area contributed by atoms with Gasteiger partial charge >= 0.3 is 11.9 Å². The van der Waals surface area contributed by atoms with Gasteiger partial charge in [0.2, 0.25) is 0 Å². The van der Waals surface area contributed by atoms with E-state index in [4.69, 9.17) is 9.47 Å². The van der Waals surface area contributed by atoms with E-state index in [0.717, 1.165) is 5.56 Å². The van der Waals surface area contributed by atoms with Gasteiger partial charge in [-0.15, -0.1) is 0 Å². The van der Waals surface area contributed by atoms with Gasteiger partial charge in [-0.2, -0.15) is 0 Å². The van der Waals surface area contributed by atoms with Gasteiger partial charge in [0.25, 0.3) is 0 Å². The van der Waals surface area contributed by atoms with Crippen molar-refractivity contribution in [3.05, 3.63) is 35.9 Å². The minimum Gasteiger partial charge on any atom is -0.469 e. The van der Waals surface area contributed by atoms with Crippen molar-refractivity contribution >= 4 is 11.9 Å². The molecule has 108 valence electrons. The largest absolute Gasteiger partial charge is 0.469 e. The second kappa shape index (κ2) is 5.63. The standard InChI is InChI=1S/C15H19NO4/c1-15(14(18)20-3)9-11(13(17)19-2)12(16-15)10-7-5-4-6-8-10/h4-8,11-12,16H,9H2,1-3H3/t11-,12-,15-/m1/s1. The fourth-order valence-corrected chi connectivity index (χ4v) is 2.77. The molecule has 5 nitrogen and oxygen atoms in total. The lowest BCUT2D eigenvalue weighted by Gasteiger charge is -2.22. The summed E-state index contributed by atoms with van der Waals surface area (Å²) in [6.07, 6.45) is 0.353. The summed E-state index contributed by atoms with van der Waals surface area (Å²) < 4.78 is 9.69. The number of hydrogen-bond acceptors (Lipinski definition) is 5. The lowest BCUT2D eigenvalue weighted by Crippen LogP contribution is -2.45. The first-order valence-corrected chi connectivity index (χ1v) is 6.50. The van der Waals surface area contributed by atoms with Gasteiger partial charge < -0.3 is 9.47 Å². The lowest BCUT2D eigenvalue weighted by atomic mass is 9.90. The molecule has 0 radical (unpaired) electrons. The van der Waals surface area contributed by atoms with Crippen molar-refractivity contribution in [1.82, 2.24) is 5.32 Å². The van der Waals surface area contributed by atoms with Crippen molar-refractivity contribution in [2.24, 2.45) is 5.92 Å². The van der Waals surface area contributed by atoms with Crippen LogP contribution in [-0.4, -0.2) is 31.7 Å². The minimum absolute atomic E-state index is 0.257. The molecule has 1 heterocycles. The Morgan fingerprint density at radius 3 is 2.40 bits per heavy atom. The van der Waals surface area contributed by atoms with Crippen LogP contribution in [0.15, 0.2) is 30.3 Å². The van der Waals surface area contributed by atoms with Crippen LogP contribution in [0.1, 0.15) is 24.9 Å². The zero-order valence-electron chi connectivity index (χ0n) is 11.9. The second-order valence-electron chi connectivity index (χ2n) is 5.19. The third-order valence-electron chi connectivity index (χ3n) is 3.80. The Labute approximate surface area is 118 Å². The zero-order valence-corrected chi connectivity index (χ0v) is 11.9. The fourth-order valence-electron chi connectivity index (χ4n) is 2.77. The summed E-state index contributed by atoms with van der Waals surface area (Å²) >= 11 is 0. The van der Waals surface area contributed by atoms with Crippen molar-refractivity contribution in [2.45, 2.75) is 24.9 Å². The SMILES string of the molecule is COC(=O)[C@@H]1C[C@](C)(C(=O)OC)N[C@@H]1c1ccccc1. The van der Waals surface area contributed by atoms with Crippen LogP contribution >= 0.6 is 0 Å². The third-order valence-corrected chi connectivity index (χ3v) is 3.80. The number of carbonyl (C=O) groups is 2. The average molecular weight is 277 g/mol. The molecule has 1 aliphatic heterocycles. The lowest BCUT2D eigenvalue weighted by molar-refractivity contribution is -0.148. The van der Waals surface area contributed by atoms with Crippen molar-refractivity contribution in [1.29, 1.82) is 0 Å². The summed E-state index contributed by atoms with van der Waals surface area (Å²) in [5.41, 5.74) is 0.0734. The van der Waals surface area contributed by atoms with Crippen LogP contribution in [0, 0.1) is 5.92 Å². The number of hydrogen-bond donors (Lipinski definition) is 1. The summed E-state index contributed by atoms with van der Waals surface area (Å²) in [6.45, 7) is 1.75. The Hall–Kier alpha value is -1.88.